The first-order chi connectivity index (χ1) is 15.1. The summed E-state index contributed by atoms with van der Waals surface area (Å²) in [5.41, 5.74) is 0. The predicted molar refractivity (Wildman–Crippen MR) is 114 cm³/mol. The standard InChI is InChI=1S/C21H31N3O7S/c1-4-30-21(27)17-5-6-18(31-17)32(28,29)24-9-7-16(8-10-24)20(26)23-13-11-22(12-14-23)19(25)15(2)3/h5-6,15-16H,4,7-14H2,1-3H3. The van der Waals surface area contributed by atoms with Crippen molar-refractivity contribution >= 4 is 27.8 Å². The average molecular weight is 470 g/mol. The fourth-order valence-electron chi connectivity index (χ4n) is 4.01. The third kappa shape index (κ3) is 5.15. The number of hydrogen-bond acceptors (Lipinski definition) is 7. The van der Waals surface area contributed by atoms with E-state index in [9.17, 15) is 22.8 Å². The minimum Gasteiger partial charge on any atom is -0.460 e. The fourth-order valence-corrected chi connectivity index (χ4v) is 5.39. The van der Waals surface area contributed by atoms with Crippen LogP contribution in [0.15, 0.2) is 21.6 Å². The summed E-state index contributed by atoms with van der Waals surface area (Å²) in [6.45, 7) is 7.97. The SMILES string of the molecule is CCOC(=O)c1ccc(S(=O)(=O)N2CCC(C(=O)N3CCN(C(=O)C(C)C)CC3)CC2)o1. The molecule has 0 aromatic carbocycles. The molecule has 2 fully saturated rings. The van der Waals surface area contributed by atoms with Crippen LogP contribution in [0, 0.1) is 11.8 Å². The van der Waals surface area contributed by atoms with Crippen molar-refractivity contribution < 1.29 is 32.0 Å². The van der Waals surface area contributed by atoms with Crippen LogP contribution >= 0.6 is 0 Å². The van der Waals surface area contributed by atoms with Gasteiger partial charge < -0.3 is 19.0 Å². The Morgan fingerprint density at radius 3 is 2.19 bits per heavy atom. The molecule has 2 amide bonds. The van der Waals surface area contributed by atoms with Crippen molar-refractivity contribution in [3.8, 4) is 0 Å². The molecule has 10 nitrogen and oxygen atoms in total. The summed E-state index contributed by atoms with van der Waals surface area (Å²) in [6, 6.07) is 2.53. The Bertz CT molecular complexity index is 940. The summed E-state index contributed by atoms with van der Waals surface area (Å²) in [6.07, 6.45) is 0.823. The van der Waals surface area contributed by atoms with Crippen LogP contribution in [0.3, 0.4) is 0 Å². The van der Waals surface area contributed by atoms with Crippen molar-refractivity contribution in [3.63, 3.8) is 0 Å². The molecule has 11 heteroatoms. The van der Waals surface area contributed by atoms with E-state index in [1.807, 2.05) is 13.8 Å². The van der Waals surface area contributed by atoms with Crippen LogP contribution in [0.2, 0.25) is 0 Å². The summed E-state index contributed by atoms with van der Waals surface area (Å²) < 4.78 is 37.0. The summed E-state index contributed by atoms with van der Waals surface area (Å²) in [5.74, 6) is -1.08. The molecule has 0 atom stereocenters. The topological polar surface area (TPSA) is 117 Å². The van der Waals surface area contributed by atoms with Gasteiger partial charge in [0.2, 0.25) is 22.7 Å². The van der Waals surface area contributed by atoms with Crippen LogP contribution in [0.5, 0.6) is 0 Å². The number of sulfonamides is 1. The van der Waals surface area contributed by atoms with E-state index in [4.69, 9.17) is 9.15 Å². The Balaban J connectivity index is 1.54. The largest absolute Gasteiger partial charge is 0.460 e. The smallest absolute Gasteiger partial charge is 0.374 e. The summed E-state index contributed by atoms with van der Waals surface area (Å²) >= 11 is 0. The Kier molecular flexibility index (Phi) is 7.60. The lowest BCUT2D eigenvalue weighted by atomic mass is 9.96. The van der Waals surface area contributed by atoms with Gasteiger partial charge in [0.05, 0.1) is 6.61 Å². The van der Waals surface area contributed by atoms with Crippen molar-refractivity contribution in [2.75, 3.05) is 45.9 Å². The number of piperazine rings is 1. The maximum atomic E-state index is 12.9. The Hall–Kier alpha value is -2.40. The number of hydrogen-bond donors (Lipinski definition) is 0. The molecule has 1 aromatic rings. The Morgan fingerprint density at radius 2 is 1.62 bits per heavy atom. The number of rotatable bonds is 6. The summed E-state index contributed by atoms with van der Waals surface area (Å²) in [4.78, 5) is 40.3. The zero-order valence-electron chi connectivity index (χ0n) is 18.8. The van der Waals surface area contributed by atoms with E-state index in [-0.39, 0.29) is 54.2 Å². The first kappa shape index (κ1) is 24.2. The molecule has 2 saturated heterocycles. The van der Waals surface area contributed by atoms with E-state index in [2.05, 4.69) is 0 Å². The first-order valence-electron chi connectivity index (χ1n) is 11.0. The number of esters is 1. The quantitative estimate of drug-likeness (QED) is 0.574. The van der Waals surface area contributed by atoms with Gasteiger partial charge in [-0.25, -0.2) is 13.2 Å². The van der Waals surface area contributed by atoms with Gasteiger partial charge in [-0.3, -0.25) is 9.59 Å². The number of carbonyl (C=O) groups is 3. The highest BCUT2D eigenvalue weighted by Gasteiger charge is 2.36. The first-order valence-corrected chi connectivity index (χ1v) is 12.4. The number of ether oxygens (including phenoxy) is 1. The van der Waals surface area contributed by atoms with Crippen molar-refractivity contribution in [2.45, 2.75) is 38.7 Å². The minimum absolute atomic E-state index is 0.0151. The van der Waals surface area contributed by atoms with Crippen LogP contribution < -0.4 is 0 Å². The van der Waals surface area contributed by atoms with E-state index >= 15 is 0 Å². The fraction of sp³-hybridized carbons (Fsp3) is 0.667. The van der Waals surface area contributed by atoms with Gasteiger partial charge in [-0.2, -0.15) is 4.31 Å². The molecule has 1 aromatic heterocycles. The van der Waals surface area contributed by atoms with E-state index in [0.29, 0.717) is 39.0 Å². The van der Waals surface area contributed by atoms with Gasteiger partial charge in [-0.15, -0.1) is 0 Å². The molecular weight excluding hydrogens is 438 g/mol. The molecule has 0 spiro atoms. The monoisotopic (exact) mass is 469 g/mol. The molecule has 0 saturated carbocycles. The zero-order chi connectivity index (χ0) is 23.5. The molecular formula is C21H31N3O7S. The van der Waals surface area contributed by atoms with Gasteiger partial charge in [-0.05, 0) is 31.9 Å². The second-order valence-electron chi connectivity index (χ2n) is 8.32. The molecule has 0 bridgehead atoms. The Morgan fingerprint density at radius 1 is 1.03 bits per heavy atom. The maximum Gasteiger partial charge on any atom is 0.374 e. The molecule has 32 heavy (non-hydrogen) atoms. The lowest BCUT2D eigenvalue weighted by Crippen LogP contribution is -2.53. The normalized spacial score (nSPS) is 18.8. The van der Waals surface area contributed by atoms with Crippen molar-refractivity contribution in [1.29, 1.82) is 0 Å². The number of piperidine rings is 1. The summed E-state index contributed by atoms with van der Waals surface area (Å²) in [7, 11) is -3.90. The van der Waals surface area contributed by atoms with Crippen LogP contribution in [0.25, 0.3) is 0 Å². The van der Waals surface area contributed by atoms with Gasteiger partial charge in [0.15, 0.2) is 0 Å². The zero-order valence-corrected chi connectivity index (χ0v) is 19.6. The lowest BCUT2D eigenvalue weighted by molar-refractivity contribution is -0.144. The van der Waals surface area contributed by atoms with Crippen molar-refractivity contribution in [2.24, 2.45) is 11.8 Å². The molecule has 0 unspecified atom stereocenters. The van der Waals surface area contributed by atoms with E-state index in [1.165, 1.54) is 16.4 Å². The molecule has 0 N–H and O–H groups in total. The average Bonchev–Trinajstić information content (AvgIpc) is 3.30. The third-order valence-electron chi connectivity index (χ3n) is 5.85. The summed E-state index contributed by atoms with van der Waals surface area (Å²) in [5, 5.41) is -0.309. The molecule has 3 heterocycles. The highest BCUT2D eigenvalue weighted by molar-refractivity contribution is 7.89. The van der Waals surface area contributed by atoms with Gasteiger partial charge in [0.25, 0.3) is 10.0 Å². The van der Waals surface area contributed by atoms with Crippen molar-refractivity contribution in [3.05, 3.63) is 17.9 Å². The third-order valence-corrected chi connectivity index (χ3v) is 7.63. The molecule has 2 aliphatic heterocycles. The maximum absolute atomic E-state index is 12.9. The highest BCUT2D eigenvalue weighted by Crippen LogP contribution is 2.27. The molecule has 178 valence electrons. The van der Waals surface area contributed by atoms with E-state index in [1.54, 1.807) is 16.7 Å². The van der Waals surface area contributed by atoms with Crippen molar-refractivity contribution in [1.82, 2.24) is 14.1 Å². The van der Waals surface area contributed by atoms with Gasteiger partial charge in [0, 0.05) is 51.1 Å². The number of furan rings is 1. The second-order valence-corrected chi connectivity index (χ2v) is 10.2. The van der Waals surface area contributed by atoms with Crippen LogP contribution in [-0.2, 0) is 24.3 Å². The van der Waals surface area contributed by atoms with Gasteiger partial charge in [-0.1, -0.05) is 13.8 Å². The molecule has 2 aliphatic rings. The highest BCUT2D eigenvalue weighted by atomic mass is 32.2. The number of nitrogens with zero attached hydrogens (tertiary/aromatic N) is 3. The predicted octanol–water partition coefficient (Wildman–Crippen LogP) is 1.18. The van der Waals surface area contributed by atoms with Gasteiger partial charge >= 0.3 is 5.97 Å². The molecule has 3 rings (SSSR count). The molecule has 0 radical (unpaired) electrons. The van der Waals surface area contributed by atoms with E-state index < -0.39 is 16.0 Å². The number of amides is 2. The van der Waals surface area contributed by atoms with Gasteiger partial charge in [0.1, 0.15) is 0 Å². The molecule has 0 aliphatic carbocycles. The minimum atomic E-state index is -3.90. The van der Waals surface area contributed by atoms with Crippen LogP contribution in [0.4, 0.5) is 0 Å². The van der Waals surface area contributed by atoms with Crippen LogP contribution in [-0.4, -0.2) is 86.2 Å². The Labute approximate surface area is 188 Å². The lowest BCUT2D eigenvalue weighted by Gasteiger charge is -2.38. The number of carbonyl (C=O) groups excluding carboxylic acids is 3. The van der Waals surface area contributed by atoms with Crippen LogP contribution in [0.1, 0.15) is 44.2 Å². The second kappa shape index (κ2) is 10.0. The van der Waals surface area contributed by atoms with E-state index in [0.717, 1.165) is 0 Å².